The molecular formula is C31H31N5O5. The Morgan fingerprint density at radius 2 is 1.59 bits per heavy atom. The first-order valence-corrected chi connectivity index (χ1v) is 12.9. The number of benzene rings is 3. The van der Waals surface area contributed by atoms with E-state index in [4.69, 9.17) is 14.2 Å². The number of nitrogens with zero attached hydrogens (tertiary/aromatic N) is 2. The summed E-state index contributed by atoms with van der Waals surface area (Å²) in [5, 5.41) is 13.8. The van der Waals surface area contributed by atoms with Crippen LogP contribution in [0, 0.1) is 6.92 Å². The van der Waals surface area contributed by atoms with Crippen molar-refractivity contribution in [3.05, 3.63) is 101 Å². The van der Waals surface area contributed by atoms with E-state index in [1.54, 1.807) is 63.3 Å². The Balaban J connectivity index is 1.59. The number of allylic oxidation sites excluding steroid dienone is 1. The Kier molecular flexibility index (Phi) is 7.64. The minimum Gasteiger partial charge on any atom is -0.497 e. The van der Waals surface area contributed by atoms with Gasteiger partial charge in [0.05, 0.1) is 33.1 Å². The number of para-hydroxylation sites is 1. The van der Waals surface area contributed by atoms with E-state index in [1.807, 2.05) is 43.3 Å². The van der Waals surface area contributed by atoms with Crippen molar-refractivity contribution in [3.63, 3.8) is 0 Å². The first-order chi connectivity index (χ1) is 19.8. The number of hydrogen-bond donors (Lipinski definition) is 3. The molecule has 1 unspecified atom stereocenters. The predicted molar refractivity (Wildman–Crippen MR) is 157 cm³/mol. The lowest BCUT2D eigenvalue weighted by Crippen LogP contribution is -2.32. The Hall–Kier alpha value is -5.25. The molecule has 1 atom stereocenters. The number of ether oxygens (including phenoxy) is 3. The highest BCUT2D eigenvalue weighted by Gasteiger charge is 2.37. The molecule has 0 aliphatic carbocycles. The fourth-order valence-corrected chi connectivity index (χ4v) is 4.92. The molecule has 10 heteroatoms. The highest BCUT2D eigenvalue weighted by Crippen LogP contribution is 2.44. The minimum absolute atomic E-state index is 0.326. The molecule has 210 valence electrons. The third-order valence-electron chi connectivity index (χ3n) is 6.86. The molecule has 2 amide bonds. The molecular weight excluding hydrogens is 522 g/mol. The maximum atomic E-state index is 13.9. The molecule has 2 heterocycles. The van der Waals surface area contributed by atoms with Crippen molar-refractivity contribution < 1.29 is 23.8 Å². The van der Waals surface area contributed by atoms with Gasteiger partial charge >= 0.3 is 0 Å². The van der Waals surface area contributed by atoms with Gasteiger partial charge in [-0.3, -0.25) is 9.59 Å². The van der Waals surface area contributed by atoms with Gasteiger partial charge in [-0.05, 0) is 61.9 Å². The summed E-state index contributed by atoms with van der Waals surface area (Å²) in [6.45, 7) is 3.75. The van der Waals surface area contributed by atoms with E-state index in [1.165, 1.54) is 6.20 Å². The molecule has 4 aromatic rings. The van der Waals surface area contributed by atoms with Gasteiger partial charge in [-0.15, -0.1) is 0 Å². The van der Waals surface area contributed by atoms with Crippen molar-refractivity contribution in [1.29, 1.82) is 0 Å². The molecule has 5 rings (SSSR count). The van der Waals surface area contributed by atoms with Crippen LogP contribution in [-0.2, 0) is 4.79 Å². The standard InChI is InChI=1S/C31H31N5O5/c1-18-8-6-9-21(16-18)35-30(37)24-17-32-36-27(23-10-7-11-25(40-4)28(23)41-5)26(19(2)33-29(24)36)31(38)34-20-12-14-22(39-3)15-13-20/h6-17,27,33H,1-5H3,(H,34,38)(H,35,37). The van der Waals surface area contributed by atoms with Gasteiger partial charge in [-0.1, -0.05) is 24.3 Å². The smallest absolute Gasteiger partial charge is 0.261 e. The van der Waals surface area contributed by atoms with E-state index in [0.717, 1.165) is 5.56 Å². The van der Waals surface area contributed by atoms with E-state index < -0.39 is 6.04 Å². The second-order valence-electron chi connectivity index (χ2n) is 9.51. The summed E-state index contributed by atoms with van der Waals surface area (Å²) in [4.78, 5) is 27.2. The minimum atomic E-state index is -0.741. The van der Waals surface area contributed by atoms with Crippen LogP contribution in [0.25, 0.3) is 0 Å². The summed E-state index contributed by atoms with van der Waals surface area (Å²) >= 11 is 0. The summed E-state index contributed by atoms with van der Waals surface area (Å²) in [6, 6.07) is 19.3. The summed E-state index contributed by atoms with van der Waals surface area (Å²) in [7, 11) is 4.68. The van der Waals surface area contributed by atoms with Gasteiger partial charge in [0.15, 0.2) is 11.5 Å². The lowest BCUT2D eigenvalue weighted by atomic mass is 9.93. The highest BCUT2D eigenvalue weighted by atomic mass is 16.5. The topological polar surface area (TPSA) is 116 Å². The molecule has 3 N–H and O–H groups in total. The van der Waals surface area contributed by atoms with Gasteiger partial charge < -0.3 is 30.2 Å². The number of nitrogens with one attached hydrogen (secondary N) is 3. The molecule has 0 bridgehead atoms. The van der Waals surface area contributed by atoms with E-state index in [9.17, 15) is 9.59 Å². The second-order valence-corrected chi connectivity index (χ2v) is 9.51. The number of aromatic nitrogens is 2. The van der Waals surface area contributed by atoms with Gasteiger partial charge in [-0.25, -0.2) is 4.68 Å². The molecule has 0 radical (unpaired) electrons. The summed E-state index contributed by atoms with van der Waals surface area (Å²) < 4.78 is 18.2. The van der Waals surface area contributed by atoms with Gasteiger partial charge in [0.2, 0.25) is 0 Å². The zero-order chi connectivity index (χ0) is 29.1. The molecule has 41 heavy (non-hydrogen) atoms. The van der Waals surface area contributed by atoms with Crippen LogP contribution in [0.1, 0.15) is 34.5 Å². The number of hydrogen-bond acceptors (Lipinski definition) is 7. The first-order valence-electron chi connectivity index (χ1n) is 12.9. The fourth-order valence-electron chi connectivity index (χ4n) is 4.92. The maximum Gasteiger partial charge on any atom is 0.261 e. The molecule has 0 saturated heterocycles. The number of methoxy groups -OCH3 is 3. The van der Waals surface area contributed by atoms with Crippen molar-refractivity contribution >= 4 is 29.0 Å². The number of aryl methyl sites for hydroxylation is 1. The number of carbonyl (C=O) groups excluding carboxylic acids is 2. The van der Waals surface area contributed by atoms with Crippen molar-refractivity contribution in [2.75, 3.05) is 37.3 Å². The van der Waals surface area contributed by atoms with Crippen LogP contribution in [0.15, 0.2) is 84.2 Å². The third kappa shape index (κ3) is 5.31. The number of amides is 2. The van der Waals surface area contributed by atoms with E-state index >= 15 is 0 Å². The number of carbonyl (C=O) groups is 2. The number of fused-ring (bicyclic) bond motifs is 1. The van der Waals surface area contributed by atoms with Crippen LogP contribution >= 0.6 is 0 Å². The zero-order valence-corrected chi connectivity index (χ0v) is 23.4. The third-order valence-corrected chi connectivity index (χ3v) is 6.86. The summed E-state index contributed by atoms with van der Waals surface area (Å²) in [6.07, 6.45) is 1.49. The molecule has 0 spiro atoms. The number of rotatable bonds is 8. The molecule has 1 aromatic heterocycles. The predicted octanol–water partition coefficient (Wildman–Crippen LogP) is 5.40. The summed E-state index contributed by atoms with van der Waals surface area (Å²) in [5.74, 6) is 1.40. The van der Waals surface area contributed by atoms with E-state index in [-0.39, 0.29) is 11.8 Å². The lowest BCUT2D eigenvalue weighted by molar-refractivity contribution is -0.113. The molecule has 3 aromatic carbocycles. The largest absolute Gasteiger partial charge is 0.497 e. The maximum absolute atomic E-state index is 13.9. The Morgan fingerprint density at radius 1 is 0.854 bits per heavy atom. The Morgan fingerprint density at radius 3 is 2.27 bits per heavy atom. The summed E-state index contributed by atoms with van der Waals surface area (Å²) in [5.41, 5.74) is 4.21. The van der Waals surface area contributed by atoms with Crippen LogP contribution in [0.4, 0.5) is 17.2 Å². The van der Waals surface area contributed by atoms with E-state index in [2.05, 4.69) is 21.0 Å². The van der Waals surface area contributed by atoms with Gasteiger partial charge in [0.25, 0.3) is 11.8 Å². The van der Waals surface area contributed by atoms with E-state index in [0.29, 0.717) is 56.8 Å². The van der Waals surface area contributed by atoms with Gasteiger partial charge in [0, 0.05) is 22.6 Å². The van der Waals surface area contributed by atoms with Gasteiger partial charge in [0.1, 0.15) is 23.2 Å². The fraction of sp³-hybridized carbons (Fsp3) is 0.194. The second kappa shape index (κ2) is 11.5. The average Bonchev–Trinajstić information content (AvgIpc) is 3.39. The van der Waals surface area contributed by atoms with Crippen molar-refractivity contribution in [2.24, 2.45) is 0 Å². The lowest BCUT2D eigenvalue weighted by Gasteiger charge is -2.31. The van der Waals surface area contributed by atoms with Crippen molar-refractivity contribution in [3.8, 4) is 17.2 Å². The van der Waals surface area contributed by atoms with Crippen LogP contribution in [-0.4, -0.2) is 42.9 Å². The molecule has 0 fully saturated rings. The SMILES string of the molecule is COc1ccc(NC(=O)C2=C(C)Nc3c(C(=O)Nc4cccc(C)c4)cnn3C2c2cccc(OC)c2OC)cc1. The van der Waals surface area contributed by atoms with Gasteiger partial charge in [-0.2, -0.15) is 5.10 Å². The number of anilines is 3. The van der Waals surface area contributed by atoms with Crippen LogP contribution in [0.5, 0.6) is 17.2 Å². The highest BCUT2D eigenvalue weighted by molar-refractivity contribution is 6.09. The molecule has 10 nitrogen and oxygen atoms in total. The average molecular weight is 554 g/mol. The van der Waals surface area contributed by atoms with Crippen LogP contribution in [0.2, 0.25) is 0 Å². The first kappa shape index (κ1) is 27.3. The quantitative estimate of drug-likeness (QED) is 0.268. The zero-order valence-electron chi connectivity index (χ0n) is 23.4. The monoisotopic (exact) mass is 553 g/mol. The molecule has 1 aliphatic rings. The normalized spacial score (nSPS) is 14.0. The van der Waals surface area contributed by atoms with Crippen molar-refractivity contribution in [1.82, 2.24) is 9.78 Å². The Bertz CT molecular complexity index is 1640. The molecule has 1 aliphatic heterocycles. The Labute approximate surface area is 237 Å². The van der Waals surface area contributed by atoms with Crippen LogP contribution < -0.4 is 30.2 Å². The van der Waals surface area contributed by atoms with Crippen LogP contribution in [0.3, 0.4) is 0 Å². The molecule has 0 saturated carbocycles. The van der Waals surface area contributed by atoms with Crippen molar-refractivity contribution in [2.45, 2.75) is 19.9 Å².